The second-order valence-corrected chi connectivity index (χ2v) is 6.24. The van der Waals surface area contributed by atoms with Gasteiger partial charge < -0.3 is 9.47 Å². The lowest BCUT2D eigenvalue weighted by Crippen LogP contribution is -2.50. The van der Waals surface area contributed by atoms with Crippen LogP contribution in [0.1, 0.15) is 50.0 Å². The molecule has 0 bridgehead atoms. The minimum Gasteiger partial charge on any atom is -0.340 e. The molecule has 1 fully saturated rings. The van der Waals surface area contributed by atoms with E-state index in [1.165, 1.54) is 5.56 Å². The van der Waals surface area contributed by atoms with Gasteiger partial charge in [-0.25, -0.2) is 4.98 Å². The van der Waals surface area contributed by atoms with Crippen molar-refractivity contribution in [1.82, 2.24) is 19.4 Å². The Labute approximate surface area is 131 Å². The zero-order chi connectivity index (χ0) is 15.7. The normalized spacial score (nSPS) is 16.6. The first kappa shape index (κ1) is 14.8. The molecule has 116 valence electrons. The molecule has 0 saturated carbocycles. The fourth-order valence-corrected chi connectivity index (χ4v) is 2.99. The zero-order valence-corrected chi connectivity index (χ0v) is 13.3. The quantitative estimate of drug-likeness (QED) is 0.871. The Hall–Kier alpha value is -2.17. The van der Waals surface area contributed by atoms with Crippen molar-refractivity contribution >= 4 is 5.91 Å². The van der Waals surface area contributed by atoms with E-state index >= 15 is 0 Å². The summed E-state index contributed by atoms with van der Waals surface area (Å²) >= 11 is 0. The molecule has 3 rings (SSSR count). The van der Waals surface area contributed by atoms with Crippen molar-refractivity contribution in [2.75, 3.05) is 13.1 Å². The summed E-state index contributed by atoms with van der Waals surface area (Å²) in [7, 11) is 0. The third kappa shape index (κ3) is 2.63. The summed E-state index contributed by atoms with van der Waals surface area (Å²) in [6, 6.07) is 3.86. The van der Waals surface area contributed by atoms with Crippen molar-refractivity contribution in [3.8, 4) is 0 Å². The van der Waals surface area contributed by atoms with Gasteiger partial charge in [0, 0.05) is 49.7 Å². The van der Waals surface area contributed by atoms with E-state index in [1.807, 2.05) is 47.1 Å². The fraction of sp³-hybridized carbons (Fsp3) is 0.471. The number of rotatable bonds is 4. The molecule has 1 aliphatic rings. The third-order valence-corrected chi connectivity index (χ3v) is 4.36. The first-order valence-electron chi connectivity index (χ1n) is 7.79. The van der Waals surface area contributed by atoms with E-state index in [0.717, 1.165) is 18.9 Å². The van der Waals surface area contributed by atoms with Gasteiger partial charge in [-0.3, -0.25) is 9.78 Å². The Morgan fingerprint density at radius 3 is 2.50 bits per heavy atom. The van der Waals surface area contributed by atoms with Gasteiger partial charge in [-0.1, -0.05) is 13.8 Å². The molecule has 1 amide bonds. The summed E-state index contributed by atoms with van der Waals surface area (Å²) in [5, 5.41) is 0. The Bertz CT molecular complexity index is 644. The molecule has 1 aliphatic heterocycles. The fourth-order valence-electron chi connectivity index (χ4n) is 2.99. The van der Waals surface area contributed by atoms with Crippen LogP contribution in [0.4, 0.5) is 0 Å². The Morgan fingerprint density at radius 2 is 1.86 bits per heavy atom. The number of carbonyl (C=O) groups is 1. The highest BCUT2D eigenvalue weighted by Crippen LogP contribution is 2.29. The minimum absolute atomic E-state index is 0.171. The van der Waals surface area contributed by atoms with Gasteiger partial charge in [0.1, 0.15) is 11.9 Å². The molecule has 0 N–H and O–H groups in total. The summed E-state index contributed by atoms with van der Waals surface area (Å²) in [5.41, 5.74) is 1.26. The summed E-state index contributed by atoms with van der Waals surface area (Å²) < 4.78 is 1.99. The number of nitrogens with zero attached hydrogens (tertiary/aromatic N) is 4. The van der Waals surface area contributed by atoms with Crippen molar-refractivity contribution in [2.24, 2.45) is 0 Å². The molecule has 0 spiro atoms. The van der Waals surface area contributed by atoms with Gasteiger partial charge in [-0.15, -0.1) is 0 Å². The summed E-state index contributed by atoms with van der Waals surface area (Å²) in [6.45, 7) is 7.73. The molecule has 5 nitrogen and oxygen atoms in total. The van der Waals surface area contributed by atoms with E-state index in [4.69, 9.17) is 0 Å². The molecule has 0 radical (unpaired) electrons. The standard InChI is InChI=1S/C17H22N4O/c1-12(2)16-19-8-9-21(16)13(3)17(22)20-10-15(11-20)14-4-6-18-7-5-14/h4-9,12-13,15H,10-11H2,1-3H3. The van der Waals surface area contributed by atoms with Crippen molar-refractivity contribution in [3.05, 3.63) is 48.3 Å². The largest absolute Gasteiger partial charge is 0.340 e. The average Bonchev–Trinajstić information content (AvgIpc) is 2.95. The van der Waals surface area contributed by atoms with E-state index < -0.39 is 0 Å². The molecule has 1 saturated heterocycles. The van der Waals surface area contributed by atoms with Crippen LogP contribution in [0.15, 0.2) is 36.9 Å². The maximum Gasteiger partial charge on any atom is 0.245 e. The van der Waals surface area contributed by atoms with E-state index in [1.54, 1.807) is 6.20 Å². The smallest absolute Gasteiger partial charge is 0.245 e. The molecular formula is C17H22N4O. The number of imidazole rings is 1. The zero-order valence-electron chi connectivity index (χ0n) is 13.3. The predicted octanol–water partition coefficient (Wildman–Crippen LogP) is 2.59. The molecule has 2 aromatic heterocycles. The highest BCUT2D eigenvalue weighted by atomic mass is 16.2. The number of amides is 1. The van der Waals surface area contributed by atoms with Crippen LogP contribution >= 0.6 is 0 Å². The lowest BCUT2D eigenvalue weighted by atomic mass is 9.91. The van der Waals surface area contributed by atoms with Crippen molar-refractivity contribution in [2.45, 2.75) is 38.6 Å². The Balaban J connectivity index is 1.65. The molecule has 22 heavy (non-hydrogen) atoms. The van der Waals surface area contributed by atoms with Crippen LogP contribution in [0, 0.1) is 0 Å². The van der Waals surface area contributed by atoms with E-state index in [-0.39, 0.29) is 11.9 Å². The van der Waals surface area contributed by atoms with Gasteiger partial charge in [0.05, 0.1) is 0 Å². The molecule has 5 heteroatoms. The SMILES string of the molecule is CC(C)c1nccn1C(C)C(=O)N1CC(c2ccncc2)C1. The van der Waals surface area contributed by atoms with Crippen molar-refractivity contribution < 1.29 is 4.79 Å². The highest BCUT2D eigenvalue weighted by molar-refractivity contribution is 5.81. The Kier molecular flexibility index (Phi) is 3.96. The van der Waals surface area contributed by atoms with Crippen LogP contribution in [0.3, 0.4) is 0 Å². The van der Waals surface area contributed by atoms with Crippen LogP contribution in [0.2, 0.25) is 0 Å². The molecular weight excluding hydrogens is 276 g/mol. The number of hydrogen-bond acceptors (Lipinski definition) is 3. The highest BCUT2D eigenvalue weighted by Gasteiger charge is 2.34. The van der Waals surface area contributed by atoms with Gasteiger partial charge in [-0.05, 0) is 24.6 Å². The molecule has 2 aromatic rings. The second-order valence-electron chi connectivity index (χ2n) is 6.24. The van der Waals surface area contributed by atoms with Crippen LogP contribution < -0.4 is 0 Å². The van der Waals surface area contributed by atoms with Crippen LogP contribution in [-0.2, 0) is 4.79 Å². The topological polar surface area (TPSA) is 51.0 Å². The monoisotopic (exact) mass is 298 g/mol. The number of hydrogen-bond donors (Lipinski definition) is 0. The van der Waals surface area contributed by atoms with Gasteiger partial charge in [0.15, 0.2) is 0 Å². The maximum absolute atomic E-state index is 12.6. The second kappa shape index (κ2) is 5.91. The third-order valence-electron chi connectivity index (χ3n) is 4.36. The summed E-state index contributed by atoms with van der Waals surface area (Å²) in [5.74, 6) is 1.88. The van der Waals surface area contributed by atoms with Crippen LogP contribution in [0.25, 0.3) is 0 Å². The minimum atomic E-state index is -0.196. The number of carbonyl (C=O) groups excluding carboxylic acids is 1. The van der Waals surface area contributed by atoms with E-state index in [2.05, 4.69) is 23.8 Å². The molecule has 1 atom stereocenters. The Morgan fingerprint density at radius 1 is 1.18 bits per heavy atom. The summed E-state index contributed by atoms with van der Waals surface area (Å²) in [4.78, 5) is 23.0. The van der Waals surface area contributed by atoms with Crippen molar-refractivity contribution in [3.63, 3.8) is 0 Å². The predicted molar refractivity (Wildman–Crippen MR) is 84.6 cm³/mol. The summed E-state index contributed by atoms with van der Waals surface area (Å²) in [6.07, 6.45) is 7.29. The first-order valence-corrected chi connectivity index (χ1v) is 7.79. The van der Waals surface area contributed by atoms with Crippen molar-refractivity contribution in [1.29, 1.82) is 0 Å². The lowest BCUT2D eigenvalue weighted by Gasteiger charge is -2.41. The number of aromatic nitrogens is 3. The van der Waals surface area contributed by atoms with Gasteiger partial charge in [0.25, 0.3) is 0 Å². The molecule has 1 unspecified atom stereocenters. The molecule has 3 heterocycles. The molecule has 0 aliphatic carbocycles. The van der Waals surface area contributed by atoms with Crippen LogP contribution in [0.5, 0.6) is 0 Å². The van der Waals surface area contributed by atoms with E-state index in [9.17, 15) is 4.79 Å². The molecule has 0 aromatic carbocycles. The van der Waals surface area contributed by atoms with Gasteiger partial charge >= 0.3 is 0 Å². The average molecular weight is 298 g/mol. The lowest BCUT2D eigenvalue weighted by molar-refractivity contribution is -0.138. The maximum atomic E-state index is 12.6. The van der Waals surface area contributed by atoms with Crippen LogP contribution in [-0.4, -0.2) is 38.4 Å². The van der Waals surface area contributed by atoms with E-state index in [0.29, 0.717) is 11.8 Å². The van der Waals surface area contributed by atoms with Gasteiger partial charge in [-0.2, -0.15) is 0 Å². The van der Waals surface area contributed by atoms with Gasteiger partial charge in [0.2, 0.25) is 5.91 Å². The number of pyridine rings is 1. The number of likely N-dealkylation sites (tertiary alicyclic amines) is 1. The first-order chi connectivity index (χ1) is 10.6.